The molecule has 0 N–H and O–H groups in total. The van der Waals surface area contributed by atoms with E-state index in [0.29, 0.717) is 31.7 Å². The van der Waals surface area contributed by atoms with E-state index in [1.165, 1.54) is 0 Å². The number of ether oxygens (including phenoxy) is 1. The number of carbonyl (C=O) groups is 2. The van der Waals surface area contributed by atoms with Crippen LogP contribution in [0.5, 0.6) is 0 Å². The fraction of sp³-hybridized carbons (Fsp3) is 0.571. The molecule has 1 unspecified atom stereocenters. The van der Waals surface area contributed by atoms with Gasteiger partial charge in [-0.1, -0.05) is 0 Å². The van der Waals surface area contributed by atoms with E-state index >= 15 is 0 Å². The predicted molar refractivity (Wildman–Crippen MR) is 78.2 cm³/mol. The Morgan fingerprint density at radius 1 is 1.55 bits per heavy atom. The standard InChI is InChI=1S/C14H20N2O3S/c1-3-19-13(18)7-5-9-16-12(17)10-20-14(16)11-6-4-8-15(11)2/h4,6,8,14H,3,5,7,9-10H2,1-2H3. The van der Waals surface area contributed by atoms with Crippen molar-refractivity contribution in [3.63, 3.8) is 0 Å². The number of esters is 1. The van der Waals surface area contributed by atoms with Crippen LogP contribution in [0.4, 0.5) is 0 Å². The molecule has 1 atom stereocenters. The Kier molecular flexibility index (Phi) is 5.11. The van der Waals surface area contributed by atoms with Gasteiger partial charge in [0.2, 0.25) is 5.91 Å². The number of amides is 1. The molecular formula is C14H20N2O3S. The first-order chi connectivity index (χ1) is 9.63. The highest BCUT2D eigenvalue weighted by molar-refractivity contribution is 8.00. The minimum absolute atomic E-state index is 0.0599. The molecule has 1 aliphatic heterocycles. The van der Waals surface area contributed by atoms with E-state index in [4.69, 9.17) is 4.74 Å². The first-order valence-corrected chi connectivity index (χ1v) is 7.86. The van der Waals surface area contributed by atoms with Gasteiger partial charge in [0.25, 0.3) is 0 Å². The van der Waals surface area contributed by atoms with E-state index < -0.39 is 0 Å². The summed E-state index contributed by atoms with van der Waals surface area (Å²) in [7, 11) is 1.98. The maximum absolute atomic E-state index is 12.0. The molecule has 0 spiro atoms. The highest BCUT2D eigenvalue weighted by Crippen LogP contribution is 2.38. The topological polar surface area (TPSA) is 51.5 Å². The first-order valence-electron chi connectivity index (χ1n) is 6.81. The zero-order valence-corrected chi connectivity index (χ0v) is 12.7. The van der Waals surface area contributed by atoms with Gasteiger partial charge in [0, 0.05) is 26.2 Å². The van der Waals surface area contributed by atoms with Crippen LogP contribution in [0.25, 0.3) is 0 Å². The third kappa shape index (κ3) is 3.36. The van der Waals surface area contributed by atoms with Crippen molar-refractivity contribution in [2.24, 2.45) is 7.05 Å². The molecule has 1 aromatic heterocycles. The largest absolute Gasteiger partial charge is 0.466 e. The van der Waals surface area contributed by atoms with E-state index in [-0.39, 0.29) is 17.3 Å². The Bertz CT molecular complexity index is 487. The van der Waals surface area contributed by atoms with Crippen molar-refractivity contribution in [1.82, 2.24) is 9.47 Å². The Morgan fingerprint density at radius 3 is 3.00 bits per heavy atom. The average Bonchev–Trinajstić information content (AvgIpc) is 2.97. The maximum Gasteiger partial charge on any atom is 0.305 e. The van der Waals surface area contributed by atoms with E-state index in [1.54, 1.807) is 18.7 Å². The molecule has 0 saturated carbocycles. The molecule has 5 nitrogen and oxygen atoms in total. The predicted octanol–water partition coefficient (Wildman–Crippen LogP) is 1.94. The van der Waals surface area contributed by atoms with Gasteiger partial charge in [0.1, 0.15) is 5.37 Å². The quantitative estimate of drug-likeness (QED) is 0.753. The normalized spacial score (nSPS) is 18.6. The summed E-state index contributed by atoms with van der Waals surface area (Å²) in [4.78, 5) is 25.2. The van der Waals surface area contributed by atoms with Crippen molar-refractivity contribution in [2.45, 2.75) is 25.1 Å². The van der Waals surface area contributed by atoms with Crippen LogP contribution >= 0.6 is 11.8 Å². The summed E-state index contributed by atoms with van der Waals surface area (Å²) in [6.45, 7) is 2.80. The minimum atomic E-state index is -0.192. The van der Waals surface area contributed by atoms with Gasteiger partial charge >= 0.3 is 5.97 Å². The molecule has 0 bridgehead atoms. The molecule has 1 aromatic rings. The van der Waals surface area contributed by atoms with Crippen molar-refractivity contribution in [3.8, 4) is 0 Å². The summed E-state index contributed by atoms with van der Waals surface area (Å²) in [5.74, 6) is 0.460. The van der Waals surface area contributed by atoms with Crippen molar-refractivity contribution >= 4 is 23.6 Å². The number of hydrogen-bond donors (Lipinski definition) is 0. The van der Waals surface area contributed by atoms with Crippen LogP contribution in [0.2, 0.25) is 0 Å². The first kappa shape index (κ1) is 15.0. The van der Waals surface area contributed by atoms with Crippen LogP contribution in [0.3, 0.4) is 0 Å². The van der Waals surface area contributed by atoms with Gasteiger partial charge in [-0.25, -0.2) is 0 Å². The third-order valence-corrected chi connectivity index (χ3v) is 4.52. The van der Waals surface area contributed by atoms with Crippen LogP contribution in [0.1, 0.15) is 30.8 Å². The lowest BCUT2D eigenvalue weighted by atomic mass is 10.2. The van der Waals surface area contributed by atoms with Crippen LogP contribution in [0.15, 0.2) is 18.3 Å². The molecule has 0 radical (unpaired) electrons. The summed E-state index contributed by atoms with van der Waals surface area (Å²) < 4.78 is 6.94. The van der Waals surface area contributed by atoms with E-state index in [9.17, 15) is 9.59 Å². The molecule has 0 aromatic carbocycles. The van der Waals surface area contributed by atoms with Gasteiger partial charge in [-0.05, 0) is 25.5 Å². The number of hydrogen-bond acceptors (Lipinski definition) is 4. The number of aromatic nitrogens is 1. The van der Waals surface area contributed by atoms with Crippen LogP contribution in [0, 0.1) is 0 Å². The number of thioether (sulfide) groups is 1. The lowest BCUT2D eigenvalue weighted by Crippen LogP contribution is -2.30. The molecule has 0 aliphatic carbocycles. The summed E-state index contributed by atoms with van der Waals surface area (Å²) in [6.07, 6.45) is 2.99. The Morgan fingerprint density at radius 2 is 2.35 bits per heavy atom. The summed E-state index contributed by atoms with van der Waals surface area (Å²) in [5.41, 5.74) is 1.12. The summed E-state index contributed by atoms with van der Waals surface area (Å²) in [6, 6.07) is 4.02. The van der Waals surface area contributed by atoms with Gasteiger partial charge in [-0.15, -0.1) is 11.8 Å². The van der Waals surface area contributed by atoms with Gasteiger partial charge in [0.15, 0.2) is 0 Å². The lowest BCUT2D eigenvalue weighted by molar-refractivity contribution is -0.143. The van der Waals surface area contributed by atoms with Gasteiger partial charge in [-0.2, -0.15) is 0 Å². The number of nitrogens with zero attached hydrogens (tertiary/aromatic N) is 2. The molecular weight excluding hydrogens is 276 g/mol. The van der Waals surface area contributed by atoms with Gasteiger partial charge in [-0.3, -0.25) is 9.59 Å². The van der Waals surface area contributed by atoms with Crippen molar-refractivity contribution in [1.29, 1.82) is 0 Å². The molecule has 110 valence electrons. The van der Waals surface area contributed by atoms with Crippen molar-refractivity contribution < 1.29 is 14.3 Å². The second-order valence-electron chi connectivity index (χ2n) is 4.70. The highest BCUT2D eigenvalue weighted by Gasteiger charge is 2.33. The van der Waals surface area contributed by atoms with E-state index in [0.717, 1.165) is 5.69 Å². The molecule has 2 rings (SSSR count). The van der Waals surface area contributed by atoms with Gasteiger partial charge in [0.05, 0.1) is 18.1 Å². The van der Waals surface area contributed by atoms with Crippen molar-refractivity contribution in [3.05, 3.63) is 24.0 Å². The third-order valence-electron chi connectivity index (χ3n) is 3.29. The molecule has 1 amide bonds. The fourth-order valence-corrected chi connectivity index (χ4v) is 3.58. The Balaban J connectivity index is 1.93. The number of rotatable bonds is 6. The molecule has 1 saturated heterocycles. The van der Waals surface area contributed by atoms with E-state index in [1.807, 2.05) is 34.8 Å². The van der Waals surface area contributed by atoms with Crippen molar-refractivity contribution in [2.75, 3.05) is 18.9 Å². The zero-order valence-electron chi connectivity index (χ0n) is 11.9. The summed E-state index contributed by atoms with van der Waals surface area (Å²) >= 11 is 1.64. The molecule has 2 heterocycles. The molecule has 20 heavy (non-hydrogen) atoms. The number of aryl methyl sites for hydroxylation is 1. The molecule has 6 heteroatoms. The van der Waals surface area contributed by atoms with Gasteiger partial charge < -0.3 is 14.2 Å². The van der Waals surface area contributed by atoms with Crippen LogP contribution in [-0.2, 0) is 21.4 Å². The SMILES string of the molecule is CCOC(=O)CCCN1C(=O)CSC1c1cccn1C. The summed E-state index contributed by atoms with van der Waals surface area (Å²) in [5, 5.41) is 0.0599. The Labute approximate surface area is 123 Å². The monoisotopic (exact) mass is 296 g/mol. The van der Waals surface area contributed by atoms with Crippen LogP contribution < -0.4 is 0 Å². The zero-order chi connectivity index (χ0) is 14.5. The average molecular weight is 296 g/mol. The molecule has 1 aliphatic rings. The van der Waals surface area contributed by atoms with Crippen LogP contribution in [-0.4, -0.2) is 40.2 Å². The maximum atomic E-state index is 12.0. The second kappa shape index (κ2) is 6.83. The second-order valence-corrected chi connectivity index (χ2v) is 5.77. The minimum Gasteiger partial charge on any atom is -0.466 e. The fourth-order valence-electron chi connectivity index (χ4n) is 2.30. The molecule has 1 fully saturated rings. The lowest BCUT2D eigenvalue weighted by Gasteiger charge is -2.24. The smallest absolute Gasteiger partial charge is 0.305 e. The number of carbonyl (C=O) groups excluding carboxylic acids is 2. The van der Waals surface area contributed by atoms with E-state index in [2.05, 4.69) is 0 Å². The Hall–Kier alpha value is -1.43. The highest BCUT2D eigenvalue weighted by atomic mass is 32.2.